The Balaban J connectivity index is 2.67. The quantitative estimate of drug-likeness (QED) is 0.697. The molecule has 0 saturated heterocycles. The number of halogens is 1. The smallest absolute Gasteiger partial charge is 0.0796 e. The summed E-state index contributed by atoms with van der Waals surface area (Å²) in [7, 11) is 0. The van der Waals surface area contributed by atoms with Gasteiger partial charge < -0.3 is 5.11 Å². The minimum Gasteiger partial charge on any atom is -0.388 e. The minimum absolute atomic E-state index is 0.309. The average molecular weight is 211 g/mol. The molecule has 1 aliphatic carbocycles. The van der Waals surface area contributed by atoms with Gasteiger partial charge in [0.1, 0.15) is 0 Å². The summed E-state index contributed by atoms with van der Waals surface area (Å²) in [6, 6.07) is 2.01. The van der Waals surface area contributed by atoms with Crippen molar-refractivity contribution in [2.45, 2.75) is 39.2 Å². The van der Waals surface area contributed by atoms with Crippen LogP contribution in [0.2, 0.25) is 5.02 Å². The highest BCUT2D eigenvalue weighted by molar-refractivity contribution is 6.31. The molecule has 0 aromatic heterocycles. The van der Waals surface area contributed by atoms with Crippen LogP contribution < -0.4 is 0 Å². The van der Waals surface area contributed by atoms with E-state index < -0.39 is 0 Å². The lowest BCUT2D eigenvalue weighted by molar-refractivity contribution is 0.155. The average Bonchev–Trinajstić information content (AvgIpc) is 2.14. The van der Waals surface area contributed by atoms with Crippen LogP contribution in [0.5, 0.6) is 0 Å². The van der Waals surface area contributed by atoms with E-state index in [0.717, 1.165) is 35.4 Å². The van der Waals surface area contributed by atoms with E-state index in [9.17, 15) is 5.11 Å². The van der Waals surface area contributed by atoms with E-state index in [-0.39, 0.29) is 6.10 Å². The molecule has 0 spiro atoms. The molecule has 1 nitrogen and oxygen atoms in total. The number of aliphatic hydroxyl groups excluding tert-OH is 1. The van der Waals surface area contributed by atoms with Crippen LogP contribution in [0, 0.1) is 13.8 Å². The number of rotatable bonds is 0. The van der Waals surface area contributed by atoms with Crippen LogP contribution in [0.15, 0.2) is 6.07 Å². The zero-order chi connectivity index (χ0) is 10.3. The van der Waals surface area contributed by atoms with Gasteiger partial charge in [-0.3, -0.25) is 0 Å². The van der Waals surface area contributed by atoms with Gasteiger partial charge in [0.2, 0.25) is 0 Å². The lowest BCUT2D eigenvalue weighted by atomic mass is 9.84. The summed E-state index contributed by atoms with van der Waals surface area (Å²) < 4.78 is 0. The Morgan fingerprint density at radius 1 is 1.43 bits per heavy atom. The van der Waals surface area contributed by atoms with Crippen molar-refractivity contribution in [2.75, 3.05) is 0 Å². The molecule has 1 aliphatic rings. The van der Waals surface area contributed by atoms with Crippen LogP contribution >= 0.6 is 11.6 Å². The van der Waals surface area contributed by atoms with E-state index >= 15 is 0 Å². The fourth-order valence-electron chi connectivity index (χ4n) is 2.35. The minimum atomic E-state index is -0.309. The second-order valence-corrected chi connectivity index (χ2v) is 4.51. The van der Waals surface area contributed by atoms with Crippen molar-refractivity contribution in [2.24, 2.45) is 0 Å². The Kier molecular flexibility index (Phi) is 2.54. The molecule has 0 heterocycles. The molecule has 76 valence electrons. The SMILES string of the molecule is Cc1cc(Cl)c(C)c2c1CCCC2O. The molecular weight excluding hydrogens is 196 g/mol. The molecule has 14 heavy (non-hydrogen) atoms. The highest BCUT2D eigenvalue weighted by Crippen LogP contribution is 2.37. The maximum absolute atomic E-state index is 9.93. The Bertz CT molecular complexity index is 371. The monoisotopic (exact) mass is 210 g/mol. The van der Waals surface area contributed by atoms with Gasteiger partial charge in [-0.05, 0) is 61.4 Å². The maximum Gasteiger partial charge on any atom is 0.0796 e. The third kappa shape index (κ3) is 1.45. The molecule has 1 aromatic carbocycles. The zero-order valence-corrected chi connectivity index (χ0v) is 9.36. The molecule has 0 amide bonds. The Morgan fingerprint density at radius 3 is 2.86 bits per heavy atom. The molecule has 1 unspecified atom stereocenters. The third-order valence-corrected chi connectivity index (χ3v) is 3.54. The molecule has 0 aliphatic heterocycles. The highest BCUT2D eigenvalue weighted by atomic mass is 35.5. The predicted octanol–water partition coefficient (Wildman–Crippen LogP) is 3.33. The number of aliphatic hydroxyl groups is 1. The molecule has 1 N–H and O–H groups in total. The van der Waals surface area contributed by atoms with Crippen LogP contribution in [0.25, 0.3) is 0 Å². The first-order chi connectivity index (χ1) is 6.61. The first-order valence-corrected chi connectivity index (χ1v) is 5.45. The summed E-state index contributed by atoms with van der Waals surface area (Å²) in [5.74, 6) is 0. The lowest BCUT2D eigenvalue weighted by Crippen LogP contribution is -2.12. The van der Waals surface area contributed by atoms with Gasteiger partial charge in [0.15, 0.2) is 0 Å². The number of fused-ring (bicyclic) bond motifs is 1. The van der Waals surface area contributed by atoms with Gasteiger partial charge in [0.05, 0.1) is 6.10 Å². The first-order valence-electron chi connectivity index (χ1n) is 5.08. The van der Waals surface area contributed by atoms with Gasteiger partial charge in [-0.15, -0.1) is 0 Å². The van der Waals surface area contributed by atoms with E-state index in [2.05, 4.69) is 6.92 Å². The van der Waals surface area contributed by atoms with Gasteiger partial charge in [-0.1, -0.05) is 11.6 Å². The van der Waals surface area contributed by atoms with Crippen molar-refractivity contribution in [1.29, 1.82) is 0 Å². The van der Waals surface area contributed by atoms with Gasteiger partial charge >= 0.3 is 0 Å². The lowest BCUT2D eigenvalue weighted by Gasteiger charge is -2.25. The first kappa shape index (κ1) is 10.0. The number of hydrogen-bond acceptors (Lipinski definition) is 1. The fraction of sp³-hybridized carbons (Fsp3) is 0.500. The molecule has 0 saturated carbocycles. The third-order valence-electron chi connectivity index (χ3n) is 3.14. The summed E-state index contributed by atoms with van der Waals surface area (Å²) in [5.41, 5.74) is 4.67. The number of aryl methyl sites for hydroxylation is 1. The van der Waals surface area contributed by atoms with Crippen molar-refractivity contribution >= 4 is 11.6 Å². The van der Waals surface area contributed by atoms with Crippen LogP contribution in [-0.4, -0.2) is 5.11 Å². The Labute approximate surface area is 89.7 Å². The molecule has 0 radical (unpaired) electrons. The molecule has 1 atom stereocenters. The molecule has 0 bridgehead atoms. The van der Waals surface area contributed by atoms with E-state index in [1.54, 1.807) is 0 Å². The van der Waals surface area contributed by atoms with Gasteiger partial charge in [-0.2, -0.15) is 0 Å². The van der Waals surface area contributed by atoms with Crippen molar-refractivity contribution in [1.82, 2.24) is 0 Å². The maximum atomic E-state index is 9.93. The topological polar surface area (TPSA) is 20.2 Å². The summed E-state index contributed by atoms with van der Waals surface area (Å²) >= 11 is 6.11. The number of hydrogen-bond donors (Lipinski definition) is 1. The van der Waals surface area contributed by atoms with Crippen molar-refractivity contribution < 1.29 is 5.11 Å². The largest absolute Gasteiger partial charge is 0.388 e. The van der Waals surface area contributed by atoms with Gasteiger partial charge in [0, 0.05) is 5.02 Å². The van der Waals surface area contributed by atoms with Gasteiger partial charge in [0.25, 0.3) is 0 Å². The second kappa shape index (κ2) is 3.56. The summed E-state index contributed by atoms with van der Waals surface area (Å²) in [4.78, 5) is 0. The highest BCUT2D eigenvalue weighted by Gasteiger charge is 2.22. The Hall–Kier alpha value is -0.530. The van der Waals surface area contributed by atoms with E-state index in [4.69, 9.17) is 11.6 Å². The van der Waals surface area contributed by atoms with Crippen molar-refractivity contribution in [3.8, 4) is 0 Å². The molecular formula is C12H15ClO. The van der Waals surface area contributed by atoms with E-state index in [1.807, 2.05) is 13.0 Å². The van der Waals surface area contributed by atoms with Crippen molar-refractivity contribution in [3.63, 3.8) is 0 Å². The van der Waals surface area contributed by atoms with Gasteiger partial charge in [-0.25, -0.2) is 0 Å². The molecule has 1 aromatic rings. The standard InChI is InChI=1S/C12H15ClO/c1-7-6-10(13)8(2)12-9(7)4-3-5-11(12)14/h6,11,14H,3-5H2,1-2H3. The Morgan fingerprint density at radius 2 is 2.14 bits per heavy atom. The predicted molar refractivity (Wildman–Crippen MR) is 58.8 cm³/mol. The molecule has 2 rings (SSSR count). The summed E-state index contributed by atoms with van der Waals surface area (Å²) in [5, 5.41) is 10.7. The van der Waals surface area contributed by atoms with Crippen molar-refractivity contribution in [3.05, 3.63) is 33.3 Å². The zero-order valence-electron chi connectivity index (χ0n) is 8.60. The number of benzene rings is 1. The van der Waals surface area contributed by atoms with Crippen LogP contribution in [0.4, 0.5) is 0 Å². The summed E-state index contributed by atoms with van der Waals surface area (Å²) in [6.45, 7) is 4.07. The molecule has 2 heteroatoms. The van der Waals surface area contributed by atoms with E-state index in [1.165, 1.54) is 11.1 Å². The second-order valence-electron chi connectivity index (χ2n) is 4.10. The molecule has 0 fully saturated rings. The van der Waals surface area contributed by atoms with E-state index in [0.29, 0.717) is 0 Å². The fourth-order valence-corrected chi connectivity index (χ4v) is 2.62. The summed E-state index contributed by atoms with van der Waals surface area (Å²) in [6.07, 6.45) is 2.72. The normalized spacial score (nSPS) is 20.7. The van der Waals surface area contributed by atoms with Crippen LogP contribution in [0.1, 0.15) is 41.2 Å². The van der Waals surface area contributed by atoms with Crippen LogP contribution in [0.3, 0.4) is 0 Å². The van der Waals surface area contributed by atoms with Crippen LogP contribution in [-0.2, 0) is 6.42 Å².